The highest BCUT2D eigenvalue weighted by Gasteiger charge is 2.00. The smallest absolute Gasteiger partial charge is 0.0547 e. The van der Waals surface area contributed by atoms with Crippen LogP contribution >= 0.6 is 0 Å². The van der Waals surface area contributed by atoms with Crippen molar-refractivity contribution in [1.82, 2.24) is 15.2 Å². The molecule has 0 saturated carbocycles. The van der Waals surface area contributed by atoms with Gasteiger partial charge in [-0.1, -0.05) is 19.9 Å². The zero-order chi connectivity index (χ0) is 11.8. The van der Waals surface area contributed by atoms with E-state index in [-0.39, 0.29) is 0 Å². The van der Waals surface area contributed by atoms with Gasteiger partial charge in [0.15, 0.2) is 0 Å². The number of nitrogens with zero attached hydrogens (tertiary/aromatic N) is 2. The molecular formula is C13H23N3. The van der Waals surface area contributed by atoms with Gasteiger partial charge in [0.2, 0.25) is 0 Å². The van der Waals surface area contributed by atoms with Gasteiger partial charge in [-0.2, -0.15) is 0 Å². The van der Waals surface area contributed by atoms with Crippen molar-refractivity contribution in [3.05, 3.63) is 29.6 Å². The van der Waals surface area contributed by atoms with Gasteiger partial charge in [-0.25, -0.2) is 0 Å². The van der Waals surface area contributed by atoms with E-state index in [0.29, 0.717) is 0 Å². The summed E-state index contributed by atoms with van der Waals surface area (Å²) in [6.45, 7) is 8.25. The molecule has 0 fully saturated rings. The van der Waals surface area contributed by atoms with Crippen molar-refractivity contribution in [2.45, 2.75) is 33.4 Å². The first-order valence-corrected chi connectivity index (χ1v) is 6.10. The average Bonchev–Trinajstić information content (AvgIpc) is 2.30. The molecule has 1 N–H and O–H groups in total. The van der Waals surface area contributed by atoms with Crippen molar-refractivity contribution >= 4 is 0 Å². The zero-order valence-electron chi connectivity index (χ0n) is 10.7. The summed E-state index contributed by atoms with van der Waals surface area (Å²) in [4.78, 5) is 6.88. The Morgan fingerprint density at radius 3 is 2.69 bits per heavy atom. The maximum atomic E-state index is 4.63. The molecule has 0 saturated heterocycles. The summed E-state index contributed by atoms with van der Waals surface area (Å²) >= 11 is 0. The number of pyridine rings is 1. The van der Waals surface area contributed by atoms with Crippen LogP contribution in [0.15, 0.2) is 18.2 Å². The highest BCUT2D eigenvalue weighted by molar-refractivity contribution is 5.11. The fourth-order valence-electron chi connectivity index (χ4n) is 1.50. The molecule has 0 aromatic carbocycles. The first-order chi connectivity index (χ1) is 7.76. The molecule has 90 valence electrons. The molecule has 1 rings (SSSR count). The van der Waals surface area contributed by atoms with E-state index < -0.39 is 0 Å². The summed E-state index contributed by atoms with van der Waals surface area (Å²) in [5.41, 5.74) is 2.29. The minimum absolute atomic E-state index is 0.873. The normalized spacial score (nSPS) is 11.0. The molecule has 3 heteroatoms. The van der Waals surface area contributed by atoms with E-state index in [1.807, 2.05) is 0 Å². The first kappa shape index (κ1) is 13.1. The van der Waals surface area contributed by atoms with E-state index in [9.17, 15) is 0 Å². The Morgan fingerprint density at radius 1 is 1.25 bits per heavy atom. The van der Waals surface area contributed by atoms with E-state index in [2.05, 4.69) is 54.3 Å². The van der Waals surface area contributed by atoms with Crippen LogP contribution in [-0.2, 0) is 13.1 Å². The number of rotatable bonds is 7. The minimum Gasteiger partial charge on any atom is -0.311 e. The predicted octanol–water partition coefficient (Wildman–Crippen LogP) is 2.03. The first-order valence-electron chi connectivity index (χ1n) is 6.10. The van der Waals surface area contributed by atoms with E-state index in [0.717, 1.165) is 44.0 Å². The monoisotopic (exact) mass is 221 g/mol. The van der Waals surface area contributed by atoms with Crippen molar-refractivity contribution in [3.63, 3.8) is 0 Å². The molecular weight excluding hydrogens is 198 g/mol. The van der Waals surface area contributed by atoms with Gasteiger partial charge >= 0.3 is 0 Å². The number of hydrogen-bond donors (Lipinski definition) is 1. The standard InChI is InChI=1S/C13H23N3/c1-4-9-14-10-12-7-6-8-13(15-12)11-16(3)5-2/h6-8,14H,4-5,9-11H2,1-3H3. The zero-order valence-corrected chi connectivity index (χ0v) is 10.7. The van der Waals surface area contributed by atoms with Crippen LogP contribution in [0.1, 0.15) is 31.7 Å². The molecule has 0 bridgehead atoms. The Bertz CT molecular complexity index is 299. The minimum atomic E-state index is 0.873. The Hall–Kier alpha value is -0.930. The van der Waals surface area contributed by atoms with Gasteiger partial charge in [0.05, 0.1) is 11.4 Å². The van der Waals surface area contributed by atoms with Crippen molar-refractivity contribution in [3.8, 4) is 0 Å². The molecule has 0 radical (unpaired) electrons. The van der Waals surface area contributed by atoms with Crippen molar-refractivity contribution in [2.75, 3.05) is 20.1 Å². The summed E-state index contributed by atoms with van der Waals surface area (Å²) in [5, 5.41) is 3.37. The number of nitrogens with one attached hydrogen (secondary N) is 1. The number of aromatic nitrogens is 1. The lowest BCUT2D eigenvalue weighted by Crippen LogP contribution is -2.19. The van der Waals surface area contributed by atoms with Crippen LogP contribution in [0.25, 0.3) is 0 Å². The molecule has 0 aliphatic heterocycles. The third-order valence-corrected chi connectivity index (χ3v) is 2.57. The van der Waals surface area contributed by atoms with Crippen molar-refractivity contribution < 1.29 is 0 Å². The second kappa shape index (κ2) is 7.36. The van der Waals surface area contributed by atoms with Crippen LogP contribution in [0.5, 0.6) is 0 Å². The molecule has 0 atom stereocenters. The lowest BCUT2D eigenvalue weighted by atomic mass is 10.3. The van der Waals surface area contributed by atoms with Crippen LogP contribution < -0.4 is 5.32 Å². The Morgan fingerprint density at radius 2 is 2.00 bits per heavy atom. The maximum Gasteiger partial charge on any atom is 0.0547 e. The van der Waals surface area contributed by atoms with Crippen LogP contribution in [0.2, 0.25) is 0 Å². The van der Waals surface area contributed by atoms with Gasteiger partial charge < -0.3 is 10.2 Å². The third-order valence-electron chi connectivity index (χ3n) is 2.57. The van der Waals surface area contributed by atoms with E-state index in [1.54, 1.807) is 0 Å². The van der Waals surface area contributed by atoms with Crippen LogP contribution in [0, 0.1) is 0 Å². The van der Waals surface area contributed by atoms with Gasteiger partial charge in [0.25, 0.3) is 0 Å². The fourth-order valence-corrected chi connectivity index (χ4v) is 1.50. The highest BCUT2D eigenvalue weighted by atomic mass is 15.1. The molecule has 0 aliphatic carbocycles. The molecule has 1 heterocycles. The lowest BCUT2D eigenvalue weighted by molar-refractivity contribution is 0.341. The topological polar surface area (TPSA) is 28.2 Å². The van der Waals surface area contributed by atoms with Gasteiger partial charge in [-0.3, -0.25) is 4.98 Å². The quantitative estimate of drug-likeness (QED) is 0.714. The third kappa shape index (κ3) is 4.73. The highest BCUT2D eigenvalue weighted by Crippen LogP contribution is 2.02. The van der Waals surface area contributed by atoms with Crippen LogP contribution in [-0.4, -0.2) is 30.0 Å². The largest absolute Gasteiger partial charge is 0.311 e. The van der Waals surface area contributed by atoms with Gasteiger partial charge in [-0.15, -0.1) is 0 Å². The van der Waals surface area contributed by atoms with E-state index >= 15 is 0 Å². The Balaban J connectivity index is 2.50. The number of hydrogen-bond acceptors (Lipinski definition) is 3. The molecule has 0 unspecified atom stereocenters. The summed E-state index contributed by atoms with van der Waals surface area (Å²) in [6, 6.07) is 6.27. The fraction of sp³-hybridized carbons (Fsp3) is 0.615. The SMILES string of the molecule is CCCNCc1cccc(CN(C)CC)n1. The van der Waals surface area contributed by atoms with E-state index in [4.69, 9.17) is 0 Å². The van der Waals surface area contributed by atoms with E-state index in [1.165, 1.54) is 0 Å². The molecule has 0 amide bonds. The second-order valence-electron chi connectivity index (χ2n) is 4.13. The average molecular weight is 221 g/mol. The second-order valence-corrected chi connectivity index (χ2v) is 4.13. The Kier molecular flexibility index (Phi) is 6.04. The maximum absolute atomic E-state index is 4.63. The van der Waals surface area contributed by atoms with Crippen molar-refractivity contribution in [2.24, 2.45) is 0 Å². The summed E-state index contributed by atoms with van der Waals surface area (Å²) in [7, 11) is 2.11. The molecule has 1 aromatic heterocycles. The summed E-state index contributed by atoms with van der Waals surface area (Å²) in [5.74, 6) is 0. The molecule has 16 heavy (non-hydrogen) atoms. The molecule has 3 nitrogen and oxygen atoms in total. The van der Waals surface area contributed by atoms with Gasteiger partial charge in [-0.05, 0) is 38.7 Å². The molecule has 0 aliphatic rings. The van der Waals surface area contributed by atoms with Gasteiger partial charge in [0.1, 0.15) is 0 Å². The lowest BCUT2D eigenvalue weighted by Gasteiger charge is -2.13. The van der Waals surface area contributed by atoms with Crippen LogP contribution in [0.3, 0.4) is 0 Å². The molecule has 0 spiro atoms. The molecule has 1 aromatic rings. The Labute approximate surface area is 98.9 Å². The summed E-state index contributed by atoms with van der Waals surface area (Å²) in [6.07, 6.45) is 1.16. The summed E-state index contributed by atoms with van der Waals surface area (Å²) < 4.78 is 0. The van der Waals surface area contributed by atoms with Crippen molar-refractivity contribution in [1.29, 1.82) is 0 Å². The van der Waals surface area contributed by atoms with Gasteiger partial charge in [0, 0.05) is 13.1 Å². The predicted molar refractivity (Wildman–Crippen MR) is 68.2 cm³/mol. The van der Waals surface area contributed by atoms with Crippen LogP contribution in [0.4, 0.5) is 0 Å².